The van der Waals surface area contributed by atoms with Crippen LogP contribution in [0.1, 0.15) is 43.2 Å². The Kier molecular flexibility index (Phi) is 7.28. The van der Waals surface area contributed by atoms with Gasteiger partial charge in [-0.25, -0.2) is 9.59 Å². The quantitative estimate of drug-likeness (QED) is 0.600. The Hall–Kier alpha value is -3.35. The number of nitrogens with one attached hydrogen (secondary N) is 1. The van der Waals surface area contributed by atoms with Crippen LogP contribution in [-0.2, 0) is 14.3 Å². The Bertz CT molecular complexity index is 913. The number of fused-ring (bicyclic) bond motifs is 3. The molecule has 0 bridgehead atoms. The summed E-state index contributed by atoms with van der Waals surface area (Å²) in [6.07, 6.45) is 0.912. The number of ether oxygens (including phenoxy) is 1. The molecule has 3 rings (SSSR count). The summed E-state index contributed by atoms with van der Waals surface area (Å²) in [4.78, 5) is 36.3. The van der Waals surface area contributed by atoms with Crippen LogP contribution in [0.2, 0.25) is 0 Å². The maximum Gasteiger partial charge on any atom is 0.407 e. The lowest BCUT2D eigenvalue weighted by atomic mass is 9.98. The van der Waals surface area contributed by atoms with Crippen molar-refractivity contribution in [2.75, 3.05) is 20.2 Å². The Morgan fingerprint density at radius 3 is 2.19 bits per heavy atom. The second kappa shape index (κ2) is 10.1. The van der Waals surface area contributed by atoms with Gasteiger partial charge in [0.15, 0.2) is 0 Å². The molecule has 1 aliphatic rings. The average molecular weight is 424 g/mol. The number of rotatable bonds is 9. The number of carbonyl (C=O) groups is 3. The molecule has 0 saturated carbocycles. The number of amides is 2. The molecule has 2 amide bonds. The zero-order chi connectivity index (χ0) is 22.4. The van der Waals surface area contributed by atoms with Crippen molar-refractivity contribution in [1.82, 2.24) is 10.2 Å². The lowest BCUT2D eigenvalue weighted by molar-refractivity contribution is -0.148. The van der Waals surface area contributed by atoms with Crippen LogP contribution in [0.4, 0.5) is 4.79 Å². The highest BCUT2D eigenvalue weighted by atomic mass is 16.5. The van der Waals surface area contributed by atoms with Gasteiger partial charge in [-0.1, -0.05) is 48.5 Å². The van der Waals surface area contributed by atoms with Gasteiger partial charge >= 0.3 is 12.1 Å². The van der Waals surface area contributed by atoms with Crippen LogP contribution in [0.25, 0.3) is 11.1 Å². The summed E-state index contributed by atoms with van der Waals surface area (Å²) in [5, 5.41) is 11.7. The first kappa shape index (κ1) is 22.3. The molecule has 2 aromatic carbocycles. The predicted octanol–water partition coefficient (Wildman–Crippen LogP) is 3.63. The Labute approximate surface area is 182 Å². The molecule has 0 radical (unpaired) electrons. The van der Waals surface area contributed by atoms with E-state index in [9.17, 15) is 14.4 Å². The summed E-state index contributed by atoms with van der Waals surface area (Å²) < 4.78 is 5.47. The van der Waals surface area contributed by atoms with Crippen molar-refractivity contribution in [2.45, 2.75) is 38.1 Å². The lowest BCUT2D eigenvalue weighted by Gasteiger charge is -2.21. The third-order valence-electron chi connectivity index (χ3n) is 5.76. The van der Waals surface area contributed by atoms with Gasteiger partial charge in [0.25, 0.3) is 0 Å². The normalized spacial score (nSPS) is 13.1. The van der Waals surface area contributed by atoms with Gasteiger partial charge in [-0.3, -0.25) is 4.79 Å². The molecule has 2 N–H and O–H groups in total. The van der Waals surface area contributed by atoms with E-state index in [2.05, 4.69) is 29.6 Å². The number of nitrogens with zero attached hydrogens (tertiary/aromatic N) is 1. The van der Waals surface area contributed by atoms with E-state index in [1.165, 1.54) is 30.0 Å². The second-order valence-electron chi connectivity index (χ2n) is 7.73. The van der Waals surface area contributed by atoms with Gasteiger partial charge in [-0.15, -0.1) is 0 Å². The number of benzene rings is 2. The predicted molar refractivity (Wildman–Crippen MR) is 117 cm³/mol. The first-order valence-corrected chi connectivity index (χ1v) is 10.5. The number of alkyl carbamates (subject to hydrolysis) is 1. The summed E-state index contributed by atoms with van der Waals surface area (Å²) in [6, 6.07) is 15.5. The van der Waals surface area contributed by atoms with Crippen LogP contribution >= 0.6 is 0 Å². The number of carbonyl (C=O) groups excluding carboxylic acids is 2. The summed E-state index contributed by atoms with van der Waals surface area (Å²) in [5.74, 6) is -1.24. The van der Waals surface area contributed by atoms with Gasteiger partial charge in [0, 0.05) is 25.9 Å². The van der Waals surface area contributed by atoms with E-state index >= 15 is 0 Å². The molecule has 0 aliphatic heterocycles. The number of carboxylic acids is 1. The Morgan fingerprint density at radius 2 is 1.61 bits per heavy atom. The molecule has 1 atom stereocenters. The molecule has 31 heavy (non-hydrogen) atoms. The largest absolute Gasteiger partial charge is 0.480 e. The third kappa shape index (κ3) is 5.23. The third-order valence-corrected chi connectivity index (χ3v) is 5.76. The molecule has 164 valence electrons. The molecule has 7 heteroatoms. The van der Waals surface area contributed by atoms with E-state index in [0.717, 1.165) is 11.1 Å². The van der Waals surface area contributed by atoms with Gasteiger partial charge < -0.3 is 20.1 Å². The van der Waals surface area contributed by atoms with E-state index in [-0.39, 0.29) is 24.9 Å². The van der Waals surface area contributed by atoms with Crippen LogP contribution in [0.15, 0.2) is 48.5 Å². The smallest absolute Gasteiger partial charge is 0.407 e. The summed E-state index contributed by atoms with van der Waals surface area (Å²) in [6.45, 7) is 2.12. The van der Waals surface area contributed by atoms with Crippen LogP contribution < -0.4 is 5.32 Å². The van der Waals surface area contributed by atoms with E-state index in [1.807, 2.05) is 24.3 Å². The Morgan fingerprint density at radius 1 is 1.03 bits per heavy atom. The van der Waals surface area contributed by atoms with E-state index < -0.39 is 18.1 Å². The molecule has 0 unspecified atom stereocenters. The molecule has 0 aromatic heterocycles. The number of hydrogen-bond donors (Lipinski definition) is 2. The highest BCUT2D eigenvalue weighted by molar-refractivity contribution is 5.83. The van der Waals surface area contributed by atoms with Crippen LogP contribution in [0.5, 0.6) is 0 Å². The topological polar surface area (TPSA) is 95.9 Å². The Balaban J connectivity index is 1.41. The average Bonchev–Trinajstić information content (AvgIpc) is 3.10. The zero-order valence-electron chi connectivity index (χ0n) is 17.8. The minimum Gasteiger partial charge on any atom is -0.480 e. The number of hydrogen-bond acceptors (Lipinski definition) is 4. The van der Waals surface area contributed by atoms with Crippen molar-refractivity contribution < 1.29 is 24.2 Å². The van der Waals surface area contributed by atoms with Gasteiger partial charge in [0.1, 0.15) is 12.6 Å². The van der Waals surface area contributed by atoms with Crippen molar-refractivity contribution in [1.29, 1.82) is 0 Å². The molecule has 0 fully saturated rings. The van der Waals surface area contributed by atoms with Gasteiger partial charge in [-0.2, -0.15) is 0 Å². The van der Waals surface area contributed by atoms with Crippen molar-refractivity contribution in [3.05, 3.63) is 59.7 Å². The first-order chi connectivity index (χ1) is 14.9. The summed E-state index contributed by atoms with van der Waals surface area (Å²) >= 11 is 0. The number of likely N-dealkylation sites (N-methyl/N-ethyl adjacent to an activating group) is 1. The lowest BCUT2D eigenvalue weighted by Crippen LogP contribution is -2.40. The highest BCUT2D eigenvalue weighted by Gasteiger charge is 2.29. The molecular weight excluding hydrogens is 396 g/mol. The van der Waals surface area contributed by atoms with Crippen molar-refractivity contribution >= 4 is 18.0 Å². The number of unbranched alkanes of at least 4 members (excludes halogenated alkanes) is 1. The molecule has 0 heterocycles. The van der Waals surface area contributed by atoms with E-state index in [4.69, 9.17) is 9.84 Å². The standard InChI is InChI=1S/C24H28N2O5/c1-16(23(28)29)26(2)22(27)13-7-8-14-25-24(30)31-15-21-19-11-5-3-9-17(19)18-10-4-6-12-20(18)21/h3-6,9-12,16,21H,7-8,13-15H2,1-2H3,(H,25,30)(H,28,29)/t16-/m0/s1. The molecule has 1 aliphatic carbocycles. The van der Waals surface area contributed by atoms with Crippen LogP contribution in [0, 0.1) is 0 Å². The zero-order valence-corrected chi connectivity index (χ0v) is 17.8. The number of carboxylic acid groups (broad SMARTS) is 1. The molecule has 0 spiro atoms. The summed E-state index contributed by atoms with van der Waals surface area (Å²) in [7, 11) is 1.48. The van der Waals surface area contributed by atoms with Crippen LogP contribution in [0.3, 0.4) is 0 Å². The SMILES string of the molecule is C[C@@H](C(=O)O)N(C)C(=O)CCCCNC(=O)OCC1c2ccccc2-c2ccccc21. The van der Waals surface area contributed by atoms with Gasteiger partial charge in [0.2, 0.25) is 5.91 Å². The molecular formula is C24H28N2O5. The minimum atomic E-state index is -1.03. The molecule has 0 saturated heterocycles. The van der Waals surface area contributed by atoms with Gasteiger partial charge in [0.05, 0.1) is 0 Å². The van der Waals surface area contributed by atoms with Crippen molar-refractivity contribution in [3.63, 3.8) is 0 Å². The van der Waals surface area contributed by atoms with Crippen LogP contribution in [-0.4, -0.2) is 54.2 Å². The maximum atomic E-state index is 12.1. The fraction of sp³-hybridized carbons (Fsp3) is 0.375. The maximum absolute atomic E-state index is 12.1. The molecule has 2 aromatic rings. The fourth-order valence-electron chi connectivity index (χ4n) is 3.80. The molecule has 7 nitrogen and oxygen atoms in total. The second-order valence-corrected chi connectivity index (χ2v) is 7.73. The van der Waals surface area contributed by atoms with Crippen molar-refractivity contribution in [2.24, 2.45) is 0 Å². The van der Waals surface area contributed by atoms with Gasteiger partial charge in [-0.05, 0) is 42.0 Å². The minimum absolute atomic E-state index is 0.0162. The monoisotopic (exact) mass is 424 g/mol. The summed E-state index contributed by atoms with van der Waals surface area (Å²) in [5.41, 5.74) is 4.68. The van der Waals surface area contributed by atoms with E-state index in [0.29, 0.717) is 19.4 Å². The number of aliphatic carboxylic acids is 1. The van der Waals surface area contributed by atoms with Crippen molar-refractivity contribution in [3.8, 4) is 11.1 Å². The first-order valence-electron chi connectivity index (χ1n) is 10.5. The highest BCUT2D eigenvalue weighted by Crippen LogP contribution is 2.44. The fourth-order valence-corrected chi connectivity index (χ4v) is 3.80. The van der Waals surface area contributed by atoms with E-state index in [1.54, 1.807) is 0 Å².